The summed E-state index contributed by atoms with van der Waals surface area (Å²) in [5, 5.41) is 3.24. The Hall–Kier alpha value is -3.69. The van der Waals surface area contributed by atoms with E-state index < -0.39 is 0 Å². The van der Waals surface area contributed by atoms with Gasteiger partial charge in [-0.05, 0) is 67.5 Å². The third kappa shape index (κ3) is 5.31. The first kappa shape index (κ1) is 27.2. The zero-order valence-electron chi connectivity index (χ0n) is 23.5. The number of pyridine rings is 1. The molecular formula is C32H33ClFN5O3. The monoisotopic (exact) mass is 589 g/mol. The molecular weight excluding hydrogens is 557 g/mol. The number of halogens is 2. The van der Waals surface area contributed by atoms with Crippen LogP contribution in [-0.4, -0.2) is 46.2 Å². The summed E-state index contributed by atoms with van der Waals surface area (Å²) in [5.74, 6) is 2.39. The summed E-state index contributed by atoms with van der Waals surface area (Å²) in [6.45, 7) is 5.03. The molecule has 7 rings (SSSR count). The number of imidazole rings is 1. The van der Waals surface area contributed by atoms with E-state index in [0.717, 1.165) is 80.3 Å². The van der Waals surface area contributed by atoms with Crippen molar-refractivity contribution < 1.29 is 18.7 Å². The highest BCUT2D eigenvalue weighted by Crippen LogP contribution is 2.65. The number of anilines is 2. The molecule has 1 spiro atoms. The first-order chi connectivity index (χ1) is 20.4. The maximum Gasteiger partial charge on any atom is 0.221 e. The van der Waals surface area contributed by atoms with Crippen molar-refractivity contribution in [3.8, 4) is 5.88 Å². The highest BCUT2D eigenvalue weighted by molar-refractivity contribution is 6.30. The molecule has 1 amide bonds. The number of hydrogen-bond acceptors (Lipinski definition) is 6. The van der Waals surface area contributed by atoms with Gasteiger partial charge in [-0.15, -0.1) is 0 Å². The maximum absolute atomic E-state index is 14.2. The number of ether oxygens (including phenoxy) is 2. The van der Waals surface area contributed by atoms with Crippen LogP contribution in [0, 0.1) is 11.2 Å². The number of fused-ring (bicyclic) bond motifs is 1. The molecule has 2 saturated heterocycles. The van der Waals surface area contributed by atoms with Gasteiger partial charge in [0.15, 0.2) is 0 Å². The maximum atomic E-state index is 14.2. The molecule has 1 aliphatic carbocycles. The van der Waals surface area contributed by atoms with Gasteiger partial charge in [0.2, 0.25) is 11.8 Å². The highest BCUT2D eigenvalue weighted by atomic mass is 35.5. The largest absolute Gasteiger partial charge is 0.473 e. The number of hydrogen-bond donors (Lipinski definition) is 1. The Balaban J connectivity index is 1.04. The van der Waals surface area contributed by atoms with E-state index in [0.29, 0.717) is 22.4 Å². The minimum absolute atomic E-state index is 0.0868. The lowest BCUT2D eigenvalue weighted by Crippen LogP contribution is -2.36. The summed E-state index contributed by atoms with van der Waals surface area (Å²) in [4.78, 5) is 23.8. The zero-order valence-corrected chi connectivity index (χ0v) is 24.2. The molecule has 2 aliphatic heterocycles. The molecule has 1 N–H and O–H groups in total. The predicted molar refractivity (Wildman–Crippen MR) is 160 cm³/mol. The molecule has 2 aromatic heterocycles. The third-order valence-corrected chi connectivity index (χ3v) is 9.20. The molecule has 10 heteroatoms. The fraction of sp³-hybridized carbons (Fsp3) is 0.406. The number of amides is 1. The number of nitrogens with zero attached hydrogens (tertiary/aromatic N) is 4. The van der Waals surface area contributed by atoms with Gasteiger partial charge in [0.05, 0.1) is 23.7 Å². The van der Waals surface area contributed by atoms with Crippen LogP contribution in [0.2, 0.25) is 5.02 Å². The summed E-state index contributed by atoms with van der Waals surface area (Å²) in [6.07, 6.45) is 4.53. The summed E-state index contributed by atoms with van der Waals surface area (Å²) in [6, 6.07) is 16.3. The molecule has 1 unspecified atom stereocenters. The van der Waals surface area contributed by atoms with Crippen LogP contribution in [0.1, 0.15) is 49.9 Å². The molecule has 2 aromatic carbocycles. The normalized spacial score (nSPS) is 20.9. The number of piperidine rings is 1. The van der Waals surface area contributed by atoms with Crippen molar-refractivity contribution in [3.63, 3.8) is 0 Å². The van der Waals surface area contributed by atoms with Gasteiger partial charge in [-0.3, -0.25) is 4.79 Å². The number of benzene rings is 2. The average Bonchev–Trinajstić information content (AvgIpc) is 3.51. The molecule has 218 valence electrons. The zero-order chi connectivity index (χ0) is 28.8. The van der Waals surface area contributed by atoms with Crippen LogP contribution in [0.25, 0.3) is 11.0 Å². The van der Waals surface area contributed by atoms with Crippen LogP contribution in [0.4, 0.5) is 15.9 Å². The molecule has 4 aromatic rings. The van der Waals surface area contributed by atoms with Crippen molar-refractivity contribution in [1.29, 1.82) is 0 Å². The minimum Gasteiger partial charge on any atom is -0.473 e. The molecule has 42 heavy (non-hydrogen) atoms. The van der Waals surface area contributed by atoms with Gasteiger partial charge in [-0.1, -0.05) is 23.7 Å². The predicted octanol–water partition coefficient (Wildman–Crippen LogP) is 6.32. The summed E-state index contributed by atoms with van der Waals surface area (Å²) in [7, 11) is 0. The fourth-order valence-corrected chi connectivity index (χ4v) is 6.58. The smallest absolute Gasteiger partial charge is 0.221 e. The summed E-state index contributed by atoms with van der Waals surface area (Å²) in [5.41, 5.74) is 3.44. The second kappa shape index (κ2) is 10.9. The van der Waals surface area contributed by atoms with Crippen LogP contribution in [-0.2, 0) is 22.7 Å². The Bertz CT molecular complexity index is 1650. The van der Waals surface area contributed by atoms with Crippen molar-refractivity contribution in [1.82, 2.24) is 14.5 Å². The fourth-order valence-electron chi connectivity index (χ4n) is 6.42. The van der Waals surface area contributed by atoms with Crippen molar-refractivity contribution in [2.24, 2.45) is 5.41 Å². The standard InChI is InChI=1S/C32H33ClFN5O3/c1-20(40)35-23-7-8-28-27(16-23)36-31(39(28)18-24-9-14-41-24)25-17-32(25)10-12-38(13-11-32)29-3-2-4-30(37-29)42-19-21-5-6-22(33)15-26(21)34/h2-8,15-16,24-25H,9-14,17-19H2,1H3,(H,35,40)/t24-,25?/m0/s1. The van der Waals surface area contributed by atoms with E-state index in [2.05, 4.69) is 20.9 Å². The van der Waals surface area contributed by atoms with Gasteiger partial charge in [0.25, 0.3) is 0 Å². The highest BCUT2D eigenvalue weighted by Gasteiger charge is 2.57. The van der Waals surface area contributed by atoms with Gasteiger partial charge >= 0.3 is 0 Å². The van der Waals surface area contributed by atoms with E-state index in [1.54, 1.807) is 18.2 Å². The van der Waals surface area contributed by atoms with Gasteiger partial charge in [-0.2, -0.15) is 4.98 Å². The lowest BCUT2D eigenvalue weighted by Gasteiger charge is -2.34. The van der Waals surface area contributed by atoms with Gasteiger partial charge in [-0.25, -0.2) is 9.37 Å². The van der Waals surface area contributed by atoms with Crippen molar-refractivity contribution in [3.05, 3.63) is 76.8 Å². The Morgan fingerprint density at radius 3 is 2.74 bits per heavy atom. The van der Waals surface area contributed by atoms with E-state index >= 15 is 0 Å². The van der Waals surface area contributed by atoms with Crippen LogP contribution < -0.4 is 15.0 Å². The summed E-state index contributed by atoms with van der Waals surface area (Å²) < 4.78 is 28.1. The van der Waals surface area contributed by atoms with Crippen LogP contribution >= 0.6 is 11.6 Å². The van der Waals surface area contributed by atoms with Crippen LogP contribution in [0.5, 0.6) is 5.88 Å². The molecule has 0 radical (unpaired) electrons. The molecule has 8 nitrogen and oxygen atoms in total. The van der Waals surface area contributed by atoms with Crippen LogP contribution in [0.3, 0.4) is 0 Å². The number of nitrogens with one attached hydrogen (secondary N) is 1. The second-order valence-electron chi connectivity index (χ2n) is 11.7. The average molecular weight is 590 g/mol. The Morgan fingerprint density at radius 2 is 2.00 bits per heavy atom. The number of aromatic nitrogens is 3. The number of carbonyl (C=O) groups excluding carboxylic acids is 1. The van der Waals surface area contributed by atoms with Gasteiger partial charge < -0.3 is 24.3 Å². The first-order valence-corrected chi connectivity index (χ1v) is 14.9. The van der Waals surface area contributed by atoms with Crippen LogP contribution in [0.15, 0.2) is 54.6 Å². The third-order valence-electron chi connectivity index (χ3n) is 8.96. The van der Waals surface area contributed by atoms with Crippen molar-refractivity contribution >= 4 is 40.0 Å². The van der Waals surface area contributed by atoms with E-state index in [4.69, 9.17) is 31.0 Å². The second-order valence-corrected chi connectivity index (χ2v) is 12.1. The quantitative estimate of drug-likeness (QED) is 0.259. The van der Waals surface area contributed by atoms with Crippen molar-refractivity contribution in [2.75, 3.05) is 29.9 Å². The Morgan fingerprint density at radius 1 is 1.17 bits per heavy atom. The Kier molecular flexibility index (Phi) is 7.02. The Labute approximate surface area is 248 Å². The molecule has 3 aliphatic rings. The molecule has 3 fully saturated rings. The molecule has 0 bridgehead atoms. The summed E-state index contributed by atoms with van der Waals surface area (Å²) >= 11 is 5.86. The van der Waals surface area contributed by atoms with Gasteiger partial charge in [0.1, 0.15) is 24.1 Å². The number of rotatable bonds is 8. The SMILES string of the molecule is CC(=O)Nc1ccc2c(c1)nc(C1CC13CCN(c1cccc(OCc4ccc(Cl)cc4F)n1)CC3)n2C[C@@H]1CCO1. The molecule has 4 heterocycles. The van der Waals surface area contributed by atoms with Gasteiger partial charge in [0, 0.05) is 54.9 Å². The lowest BCUT2D eigenvalue weighted by molar-refractivity contribution is -0.114. The van der Waals surface area contributed by atoms with E-state index in [1.165, 1.54) is 13.0 Å². The van der Waals surface area contributed by atoms with Crippen molar-refractivity contribution in [2.45, 2.75) is 57.8 Å². The van der Waals surface area contributed by atoms with E-state index in [-0.39, 0.29) is 29.9 Å². The lowest BCUT2D eigenvalue weighted by atomic mass is 9.90. The first-order valence-electron chi connectivity index (χ1n) is 14.5. The minimum atomic E-state index is -0.388. The molecule has 2 atom stereocenters. The van der Waals surface area contributed by atoms with E-state index in [9.17, 15) is 9.18 Å². The number of carbonyl (C=O) groups is 1. The van der Waals surface area contributed by atoms with E-state index in [1.807, 2.05) is 24.3 Å². The molecule has 1 saturated carbocycles. The topological polar surface area (TPSA) is 81.5 Å².